The second-order valence-electron chi connectivity index (χ2n) is 1.44. The second kappa shape index (κ2) is 7.05. The van der Waals surface area contributed by atoms with Crippen LogP contribution in [-0.4, -0.2) is 23.2 Å². The van der Waals surface area contributed by atoms with E-state index in [0.717, 1.165) is 17.9 Å². The molecule has 0 radical (unpaired) electrons. The molecule has 0 aromatic heterocycles. The minimum Gasteiger partial charge on any atom is -0.396 e. The molecule has 0 atom stereocenters. The Balaban J connectivity index is 2.62. The summed E-state index contributed by atoms with van der Waals surface area (Å²) in [5.74, 6) is 2.04. The highest BCUT2D eigenvalue weighted by molar-refractivity contribution is 7.99. The lowest BCUT2D eigenvalue weighted by Crippen LogP contribution is -1.85. The van der Waals surface area contributed by atoms with E-state index < -0.39 is 0 Å². The molecule has 0 aliphatic rings. The van der Waals surface area contributed by atoms with E-state index in [4.69, 9.17) is 5.11 Å². The predicted molar refractivity (Wildman–Crippen MR) is 39.2 cm³/mol. The van der Waals surface area contributed by atoms with Crippen LogP contribution in [0.15, 0.2) is 12.7 Å². The fourth-order valence-corrected chi connectivity index (χ4v) is 1.000. The number of aliphatic hydroxyl groups excluding tert-OH is 1. The van der Waals surface area contributed by atoms with Crippen LogP contribution in [0.4, 0.5) is 0 Å². The summed E-state index contributed by atoms with van der Waals surface area (Å²) in [6.07, 6.45) is 2.78. The first-order valence-electron chi connectivity index (χ1n) is 2.71. The van der Waals surface area contributed by atoms with Crippen LogP contribution in [0.3, 0.4) is 0 Å². The smallest absolute Gasteiger partial charge is 0.0438 e. The van der Waals surface area contributed by atoms with Gasteiger partial charge in [0.2, 0.25) is 0 Å². The molecular weight excluding hydrogens is 120 g/mol. The molecule has 0 aliphatic carbocycles. The minimum absolute atomic E-state index is 0.310. The molecule has 0 amide bonds. The number of hydrogen-bond donors (Lipinski definition) is 1. The van der Waals surface area contributed by atoms with Crippen LogP contribution in [0.5, 0.6) is 0 Å². The lowest BCUT2D eigenvalue weighted by Gasteiger charge is -1.91. The number of rotatable bonds is 5. The lowest BCUT2D eigenvalue weighted by molar-refractivity contribution is 0.296. The molecule has 0 aliphatic heterocycles. The van der Waals surface area contributed by atoms with Crippen LogP contribution in [0.2, 0.25) is 0 Å². The summed E-state index contributed by atoms with van der Waals surface area (Å²) in [5, 5.41) is 8.33. The second-order valence-corrected chi connectivity index (χ2v) is 2.59. The number of aliphatic hydroxyl groups is 1. The Hall–Kier alpha value is 0.0500. The Morgan fingerprint density at radius 2 is 2.38 bits per heavy atom. The monoisotopic (exact) mass is 132 g/mol. The van der Waals surface area contributed by atoms with Gasteiger partial charge < -0.3 is 5.11 Å². The van der Waals surface area contributed by atoms with Gasteiger partial charge in [0.05, 0.1) is 0 Å². The third-order valence-electron chi connectivity index (χ3n) is 0.682. The molecule has 48 valence electrons. The minimum atomic E-state index is 0.310. The molecule has 0 aromatic rings. The van der Waals surface area contributed by atoms with Gasteiger partial charge in [-0.05, 0) is 12.2 Å². The third kappa shape index (κ3) is 6.05. The van der Waals surface area contributed by atoms with Crippen LogP contribution in [0, 0.1) is 0 Å². The summed E-state index contributed by atoms with van der Waals surface area (Å²) in [5.41, 5.74) is 0. The Kier molecular flexibility index (Phi) is 7.09. The van der Waals surface area contributed by atoms with Crippen molar-refractivity contribution in [3.8, 4) is 0 Å². The zero-order valence-electron chi connectivity index (χ0n) is 4.97. The molecule has 0 fully saturated rings. The molecule has 0 bridgehead atoms. The van der Waals surface area contributed by atoms with Gasteiger partial charge in [0, 0.05) is 12.4 Å². The van der Waals surface area contributed by atoms with Crippen LogP contribution in [-0.2, 0) is 0 Å². The number of hydrogen-bond acceptors (Lipinski definition) is 2. The Morgan fingerprint density at radius 3 is 2.88 bits per heavy atom. The van der Waals surface area contributed by atoms with Crippen molar-refractivity contribution in [3.63, 3.8) is 0 Å². The third-order valence-corrected chi connectivity index (χ3v) is 1.73. The van der Waals surface area contributed by atoms with Gasteiger partial charge in [-0.1, -0.05) is 6.08 Å². The van der Waals surface area contributed by atoms with Gasteiger partial charge in [-0.3, -0.25) is 0 Å². The predicted octanol–water partition coefficient (Wildman–Crippen LogP) is 1.29. The Morgan fingerprint density at radius 1 is 1.62 bits per heavy atom. The molecule has 0 heterocycles. The Labute approximate surface area is 54.8 Å². The van der Waals surface area contributed by atoms with Crippen molar-refractivity contribution in [3.05, 3.63) is 12.7 Å². The molecular formula is C6H12OS. The van der Waals surface area contributed by atoms with Crippen LogP contribution >= 0.6 is 11.8 Å². The van der Waals surface area contributed by atoms with Crippen molar-refractivity contribution in [2.75, 3.05) is 18.1 Å². The van der Waals surface area contributed by atoms with Crippen molar-refractivity contribution in [1.29, 1.82) is 0 Å². The molecule has 2 heteroatoms. The van der Waals surface area contributed by atoms with Gasteiger partial charge in [-0.25, -0.2) is 0 Å². The highest BCUT2D eigenvalue weighted by atomic mass is 32.2. The van der Waals surface area contributed by atoms with E-state index in [0.29, 0.717) is 6.61 Å². The summed E-state index contributed by atoms with van der Waals surface area (Å²) in [6, 6.07) is 0. The van der Waals surface area contributed by atoms with E-state index in [1.807, 2.05) is 6.08 Å². The van der Waals surface area contributed by atoms with Crippen LogP contribution in [0.1, 0.15) is 6.42 Å². The van der Waals surface area contributed by atoms with E-state index in [2.05, 4.69) is 6.58 Å². The maximum Gasteiger partial charge on any atom is 0.0438 e. The lowest BCUT2D eigenvalue weighted by atomic mass is 10.5. The molecule has 0 spiro atoms. The standard InChI is InChI=1S/C6H12OS/c1-2-5-8-6-3-4-7/h2,7H,1,3-6H2. The average Bonchev–Trinajstić information content (AvgIpc) is 1.81. The van der Waals surface area contributed by atoms with Gasteiger partial charge in [-0.15, -0.1) is 6.58 Å². The molecule has 1 nitrogen and oxygen atoms in total. The first-order valence-corrected chi connectivity index (χ1v) is 3.86. The summed E-state index contributed by atoms with van der Waals surface area (Å²) in [6.45, 7) is 3.88. The van der Waals surface area contributed by atoms with Gasteiger partial charge in [0.15, 0.2) is 0 Å². The normalized spacial score (nSPS) is 9.12. The number of thioether (sulfide) groups is 1. The van der Waals surface area contributed by atoms with E-state index >= 15 is 0 Å². The average molecular weight is 132 g/mol. The molecule has 0 unspecified atom stereocenters. The topological polar surface area (TPSA) is 20.2 Å². The summed E-state index contributed by atoms with van der Waals surface area (Å²) < 4.78 is 0. The zero-order valence-corrected chi connectivity index (χ0v) is 5.78. The van der Waals surface area contributed by atoms with Crippen LogP contribution in [0.25, 0.3) is 0 Å². The maximum atomic E-state index is 8.33. The molecule has 1 N–H and O–H groups in total. The van der Waals surface area contributed by atoms with Crippen molar-refractivity contribution < 1.29 is 5.11 Å². The van der Waals surface area contributed by atoms with Crippen molar-refractivity contribution in [1.82, 2.24) is 0 Å². The summed E-state index contributed by atoms with van der Waals surface area (Å²) >= 11 is 1.80. The fraction of sp³-hybridized carbons (Fsp3) is 0.667. The molecule has 0 rings (SSSR count). The van der Waals surface area contributed by atoms with E-state index in [1.54, 1.807) is 11.8 Å². The zero-order chi connectivity index (χ0) is 6.24. The highest BCUT2D eigenvalue weighted by Crippen LogP contribution is 2.00. The quantitative estimate of drug-likeness (QED) is 0.449. The van der Waals surface area contributed by atoms with Crippen LogP contribution < -0.4 is 0 Å². The van der Waals surface area contributed by atoms with E-state index in [1.165, 1.54) is 0 Å². The molecule has 0 aromatic carbocycles. The fourth-order valence-electron chi connectivity index (χ4n) is 0.333. The Bertz CT molecular complexity index is 54.5. The molecule has 0 saturated heterocycles. The van der Waals surface area contributed by atoms with Crippen molar-refractivity contribution in [2.24, 2.45) is 0 Å². The molecule has 0 saturated carbocycles. The largest absolute Gasteiger partial charge is 0.396 e. The first kappa shape index (κ1) is 8.05. The molecule has 8 heavy (non-hydrogen) atoms. The van der Waals surface area contributed by atoms with Gasteiger partial charge in [-0.2, -0.15) is 11.8 Å². The maximum absolute atomic E-state index is 8.33. The highest BCUT2D eigenvalue weighted by Gasteiger charge is 1.82. The SMILES string of the molecule is C=CCSCCCO. The summed E-state index contributed by atoms with van der Waals surface area (Å²) in [4.78, 5) is 0. The van der Waals surface area contributed by atoms with Crippen molar-refractivity contribution >= 4 is 11.8 Å². The summed E-state index contributed by atoms with van der Waals surface area (Å²) in [7, 11) is 0. The van der Waals surface area contributed by atoms with Gasteiger partial charge in [0.1, 0.15) is 0 Å². The van der Waals surface area contributed by atoms with Gasteiger partial charge in [0.25, 0.3) is 0 Å². The van der Waals surface area contributed by atoms with E-state index in [-0.39, 0.29) is 0 Å². The van der Waals surface area contributed by atoms with E-state index in [9.17, 15) is 0 Å². The van der Waals surface area contributed by atoms with Crippen molar-refractivity contribution in [2.45, 2.75) is 6.42 Å². The first-order chi connectivity index (χ1) is 3.91. The van der Waals surface area contributed by atoms with Gasteiger partial charge >= 0.3 is 0 Å².